The number of carbonyl (C=O) groups is 1. The van der Waals surface area contributed by atoms with E-state index < -0.39 is 9.84 Å². The lowest BCUT2D eigenvalue weighted by Gasteiger charge is -2.11. The van der Waals surface area contributed by atoms with Crippen molar-refractivity contribution < 1.29 is 13.2 Å². The molecule has 1 heterocycles. The van der Waals surface area contributed by atoms with Gasteiger partial charge in [-0.05, 0) is 54.4 Å². The molecule has 1 N–H and O–H groups in total. The molecule has 0 aliphatic rings. The first-order valence-corrected chi connectivity index (χ1v) is 13.1. The Morgan fingerprint density at radius 1 is 0.971 bits per heavy atom. The largest absolute Gasteiger partial charge is 0.351 e. The summed E-state index contributed by atoms with van der Waals surface area (Å²) in [5, 5.41) is 3.58. The Morgan fingerprint density at radius 3 is 2.24 bits per heavy atom. The van der Waals surface area contributed by atoms with Crippen LogP contribution in [-0.4, -0.2) is 36.7 Å². The van der Waals surface area contributed by atoms with Gasteiger partial charge in [-0.3, -0.25) is 9.36 Å². The summed E-state index contributed by atoms with van der Waals surface area (Å²) in [7, 11) is -3.31. The minimum absolute atomic E-state index is 0.234. The van der Waals surface area contributed by atoms with Crippen LogP contribution in [0.2, 0.25) is 10.0 Å². The molecule has 0 radical (unpaired) electrons. The predicted octanol–water partition coefficient (Wildman–Crippen LogP) is 5.67. The van der Waals surface area contributed by atoms with Gasteiger partial charge in [-0.25, -0.2) is 13.4 Å². The van der Waals surface area contributed by atoms with Crippen LogP contribution in [0.1, 0.15) is 17.4 Å². The van der Waals surface area contributed by atoms with Gasteiger partial charge in [-0.15, -0.1) is 0 Å². The first-order valence-electron chi connectivity index (χ1n) is 10.4. The Balaban J connectivity index is 1.81. The Morgan fingerprint density at radius 2 is 1.62 bits per heavy atom. The van der Waals surface area contributed by atoms with Crippen LogP contribution < -0.4 is 5.32 Å². The van der Waals surface area contributed by atoms with Crippen molar-refractivity contribution in [3.8, 4) is 28.2 Å². The second kappa shape index (κ2) is 9.62. The number of benzene rings is 3. The lowest BCUT2D eigenvalue weighted by molar-refractivity contribution is 0.0951. The average molecular weight is 514 g/mol. The second-order valence-corrected chi connectivity index (χ2v) is 10.5. The number of sulfone groups is 1. The summed E-state index contributed by atoms with van der Waals surface area (Å²) in [4.78, 5) is 17.3. The van der Waals surface area contributed by atoms with E-state index in [1.54, 1.807) is 47.2 Å². The lowest BCUT2D eigenvalue weighted by atomic mass is 10.1. The Bertz CT molecular complexity index is 1460. The molecular formula is C25H21Cl2N3O3S. The number of imidazole rings is 1. The number of amides is 1. The molecule has 0 aliphatic carbocycles. The zero-order chi connectivity index (χ0) is 24.5. The molecule has 34 heavy (non-hydrogen) atoms. The van der Waals surface area contributed by atoms with Crippen molar-refractivity contribution in [3.05, 3.63) is 88.7 Å². The maximum atomic E-state index is 12.5. The van der Waals surface area contributed by atoms with Gasteiger partial charge in [-0.2, -0.15) is 0 Å². The molecule has 0 bridgehead atoms. The van der Waals surface area contributed by atoms with Crippen LogP contribution in [0.15, 0.2) is 77.8 Å². The van der Waals surface area contributed by atoms with Crippen LogP contribution in [0, 0.1) is 0 Å². The maximum absolute atomic E-state index is 12.5. The molecule has 0 saturated carbocycles. The molecule has 9 heteroatoms. The van der Waals surface area contributed by atoms with Gasteiger partial charge < -0.3 is 5.32 Å². The summed E-state index contributed by atoms with van der Waals surface area (Å²) < 4.78 is 25.6. The third-order valence-corrected chi connectivity index (χ3v) is 6.94. The third-order valence-electron chi connectivity index (χ3n) is 5.20. The summed E-state index contributed by atoms with van der Waals surface area (Å²) in [5.74, 6) is 0.128. The minimum Gasteiger partial charge on any atom is -0.351 e. The monoisotopic (exact) mass is 513 g/mol. The van der Waals surface area contributed by atoms with Crippen molar-refractivity contribution in [2.75, 3.05) is 12.8 Å². The molecule has 0 unspecified atom stereocenters. The number of nitrogens with zero attached hydrogens (tertiary/aromatic N) is 2. The zero-order valence-electron chi connectivity index (χ0n) is 18.4. The highest BCUT2D eigenvalue weighted by Gasteiger charge is 2.20. The van der Waals surface area contributed by atoms with Gasteiger partial charge >= 0.3 is 0 Å². The molecule has 0 fully saturated rings. The van der Waals surface area contributed by atoms with Gasteiger partial charge in [0.2, 0.25) is 0 Å². The fraction of sp³-hybridized carbons (Fsp3) is 0.120. The number of rotatable bonds is 6. The highest BCUT2D eigenvalue weighted by Crippen LogP contribution is 2.35. The minimum atomic E-state index is -3.31. The third kappa shape index (κ3) is 4.87. The van der Waals surface area contributed by atoms with Crippen LogP contribution in [0.5, 0.6) is 0 Å². The summed E-state index contributed by atoms with van der Waals surface area (Å²) in [5.41, 5.74) is 3.11. The van der Waals surface area contributed by atoms with Crippen LogP contribution >= 0.6 is 23.2 Å². The summed E-state index contributed by atoms with van der Waals surface area (Å²) >= 11 is 12.9. The number of nitrogens with one attached hydrogen (secondary N) is 1. The topological polar surface area (TPSA) is 81.1 Å². The molecule has 0 saturated heterocycles. The van der Waals surface area contributed by atoms with Gasteiger partial charge in [0.05, 0.1) is 20.5 Å². The second-order valence-electron chi connectivity index (χ2n) is 7.62. The Labute approximate surface area is 208 Å². The van der Waals surface area contributed by atoms with Gasteiger partial charge in [0.15, 0.2) is 9.84 Å². The van der Waals surface area contributed by atoms with E-state index in [1.165, 1.54) is 6.26 Å². The van der Waals surface area contributed by atoms with Gasteiger partial charge in [0, 0.05) is 24.7 Å². The van der Waals surface area contributed by atoms with Gasteiger partial charge in [0.1, 0.15) is 11.5 Å². The van der Waals surface area contributed by atoms with E-state index in [-0.39, 0.29) is 16.5 Å². The first kappa shape index (κ1) is 24.0. The maximum Gasteiger partial charge on any atom is 0.271 e. The fourth-order valence-electron chi connectivity index (χ4n) is 3.55. The summed E-state index contributed by atoms with van der Waals surface area (Å²) in [6.45, 7) is 2.30. The quantitative estimate of drug-likeness (QED) is 0.360. The standard InChI is InChI=1S/C25H21Cl2N3O3S/c1-3-28-25(31)22-15-30(24(29-22)23-20(26)8-5-9-21(23)27)18-12-10-16(11-13-18)17-6-4-7-19(14-17)34(2,32)33/h4-15H,3H2,1-2H3,(H,28,31). The van der Waals surface area contributed by atoms with Crippen LogP contribution in [-0.2, 0) is 9.84 Å². The molecule has 1 amide bonds. The van der Waals surface area contributed by atoms with E-state index in [0.717, 1.165) is 16.8 Å². The molecule has 4 rings (SSSR count). The molecule has 6 nitrogen and oxygen atoms in total. The summed E-state index contributed by atoms with van der Waals surface area (Å²) in [6.07, 6.45) is 2.82. The summed E-state index contributed by atoms with van der Waals surface area (Å²) in [6, 6.07) is 19.4. The van der Waals surface area contributed by atoms with E-state index in [2.05, 4.69) is 10.3 Å². The van der Waals surface area contributed by atoms with Crippen LogP contribution in [0.25, 0.3) is 28.2 Å². The van der Waals surface area contributed by atoms with E-state index in [0.29, 0.717) is 28.0 Å². The van der Waals surface area contributed by atoms with Gasteiger partial charge in [0.25, 0.3) is 5.91 Å². The Kier molecular flexibility index (Phi) is 6.79. The zero-order valence-corrected chi connectivity index (χ0v) is 20.7. The molecule has 0 aliphatic heterocycles. The van der Waals surface area contributed by atoms with Crippen molar-refractivity contribution in [2.45, 2.75) is 11.8 Å². The van der Waals surface area contributed by atoms with E-state index in [1.807, 2.05) is 37.3 Å². The SMILES string of the molecule is CCNC(=O)c1cn(-c2ccc(-c3cccc(S(C)(=O)=O)c3)cc2)c(-c2c(Cl)cccc2Cl)n1. The van der Waals surface area contributed by atoms with Crippen LogP contribution in [0.4, 0.5) is 0 Å². The number of aromatic nitrogens is 2. The van der Waals surface area contributed by atoms with Gasteiger partial charge in [-0.1, -0.05) is 53.5 Å². The normalized spacial score (nSPS) is 11.4. The Hall–Kier alpha value is -3.13. The molecule has 3 aromatic carbocycles. The van der Waals surface area contributed by atoms with Crippen LogP contribution in [0.3, 0.4) is 0 Å². The van der Waals surface area contributed by atoms with Crippen molar-refractivity contribution >= 4 is 38.9 Å². The van der Waals surface area contributed by atoms with E-state index in [9.17, 15) is 13.2 Å². The number of hydrogen-bond donors (Lipinski definition) is 1. The molecular weight excluding hydrogens is 493 g/mol. The first-order chi connectivity index (χ1) is 16.2. The van der Waals surface area contributed by atoms with Crippen molar-refractivity contribution in [2.24, 2.45) is 0 Å². The molecule has 4 aromatic rings. The number of carbonyl (C=O) groups excluding carboxylic acids is 1. The van der Waals surface area contributed by atoms with Crippen molar-refractivity contribution in [3.63, 3.8) is 0 Å². The lowest BCUT2D eigenvalue weighted by Crippen LogP contribution is -2.22. The van der Waals surface area contributed by atoms with E-state index in [4.69, 9.17) is 23.2 Å². The number of hydrogen-bond acceptors (Lipinski definition) is 4. The highest BCUT2D eigenvalue weighted by molar-refractivity contribution is 7.90. The molecule has 0 spiro atoms. The average Bonchev–Trinajstić information content (AvgIpc) is 3.24. The predicted molar refractivity (Wildman–Crippen MR) is 136 cm³/mol. The molecule has 1 aromatic heterocycles. The number of halogens is 2. The van der Waals surface area contributed by atoms with Crippen molar-refractivity contribution in [1.29, 1.82) is 0 Å². The highest BCUT2D eigenvalue weighted by atomic mass is 35.5. The van der Waals surface area contributed by atoms with Crippen molar-refractivity contribution in [1.82, 2.24) is 14.9 Å². The molecule has 174 valence electrons. The smallest absolute Gasteiger partial charge is 0.271 e. The molecule has 0 atom stereocenters. The van der Waals surface area contributed by atoms with E-state index >= 15 is 0 Å². The fourth-order valence-corrected chi connectivity index (χ4v) is 4.78.